The molecule has 0 aromatic heterocycles. The fraction of sp³-hybridized carbons (Fsp3) is 0.263. The van der Waals surface area contributed by atoms with Crippen LogP contribution in [0.2, 0.25) is 0 Å². The summed E-state index contributed by atoms with van der Waals surface area (Å²) in [6.07, 6.45) is 1.08. The Labute approximate surface area is 116 Å². The average Bonchev–Trinajstić information content (AvgIpc) is 2.43. The molecular formula is C19H22. The van der Waals surface area contributed by atoms with Crippen molar-refractivity contribution >= 4 is 5.57 Å². The molecule has 98 valence electrons. The smallest absolute Gasteiger partial charge is 0.0122 e. The highest BCUT2D eigenvalue weighted by Crippen LogP contribution is 2.28. The van der Waals surface area contributed by atoms with E-state index >= 15 is 0 Å². The Kier molecular flexibility index (Phi) is 4.21. The lowest BCUT2D eigenvalue weighted by atomic mass is 9.91. The quantitative estimate of drug-likeness (QED) is 0.671. The summed E-state index contributed by atoms with van der Waals surface area (Å²) in [4.78, 5) is 0. The summed E-state index contributed by atoms with van der Waals surface area (Å²) in [7, 11) is 0. The third-order valence-corrected chi connectivity index (χ3v) is 3.64. The van der Waals surface area contributed by atoms with Gasteiger partial charge in [-0.1, -0.05) is 72.2 Å². The standard InChI is InChI=1S/C19H22/c1-5-16(4)19(17-10-6-14(2)7-11-17)18-12-8-15(3)9-13-18/h6-13H,5H2,1-4H3. The van der Waals surface area contributed by atoms with Crippen LogP contribution < -0.4 is 0 Å². The van der Waals surface area contributed by atoms with E-state index in [1.54, 1.807) is 0 Å². The predicted molar refractivity (Wildman–Crippen MR) is 84.3 cm³/mol. The summed E-state index contributed by atoms with van der Waals surface area (Å²) in [6.45, 7) is 8.71. The number of benzene rings is 2. The fourth-order valence-electron chi connectivity index (χ4n) is 2.28. The normalized spacial score (nSPS) is 10.3. The van der Waals surface area contributed by atoms with Crippen LogP contribution in [0.5, 0.6) is 0 Å². The molecule has 0 aliphatic rings. The van der Waals surface area contributed by atoms with Gasteiger partial charge in [0.05, 0.1) is 0 Å². The van der Waals surface area contributed by atoms with E-state index in [0.717, 1.165) is 6.42 Å². The van der Waals surface area contributed by atoms with Gasteiger partial charge in [0.15, 0.2) is 0 Å². The molecule has 2 aromatic rings. The van der Waals surface area contributed by atoms with Gasteiger partial charge in [-0.2, -0.15) is 0 Å². The first-order valence-electron chi connectivity index (χ1n) is 6.95. The monoisotopic (exact) mass is 250 g/mol. The maximum atomic E-state index is 2.23. The zero-order valence-electron chi connectivity index (χ0n) is 12.3. The molecule has 0 atom stereocenters. The molecule has 0 aliphatic carbocycles. The molecule has 2 rings (SSSR count). The van der Waals surface area contributed by atoms with Crippen molar-refractivity contribution in [3.05, 3.63) is 76.4 Å². The highest BCUT2D eigenvalue weighted by atomic mass is 14.1. The van der Waals surface area contributed by atoms with Crippen LogP contribution in [0.25, 0.3) is 5.57 Å². The first-order valence-corrected chi connectivity index (χ1v) is 6.95. The van der Waals surface area contributed by atoms with Crippen LogP contribution in [0.3, 0.4) is 0 Å². The molecule has 0 bridgehead atoms. The van der Waals surface area contributed by atoms with Gasteiger partial charge in [-0.25, -0.2) is 0 Å². The Bertz CT molecular complexity index is 521. The highest BCUT2D eigenvalue weighted by molar-refractivity contribution is 5.82. The molecule has 0 spiro atoms. The van der Waals surface area contributed by atoms with Crippen molar-refractivity contribution in [1.29, 1.82) is 0 Å². The Morgan fingerprint density at radius 3 is 1.42 bits per heavy atom. The van der Waals surface area contributed by atoms with Gasteiger partial charge in [0.1, 0.15) is 0 Å². The summed E-state index contributed by atoms with van der Waals surface area (Å²) < 4.78 is 0. The van der Waals surface area contributed by atoms with Crippen LogP contribution in [0.1, 0.15) is 42.5 Å². The summed E-state index contributed by atoms with van der Waals surface area (Å²) in [6, 6.07) is 17.7. The van der Waals surface area contributed by atoms with Crippen molar-refractivity contribution in [2.45, 2.75) is 34.1 Å². The molecule has 0 saturated carbocycles. The molecular weight excluding hydrogens is 228 g/mol. The van der Waals surface area contributed by atoms with Gasteiger partial charge < -0.3 is 0 Å². The maximum Gasteiger partial charge on any atom is -0.0122 e. The molecule has 0 unspecified atom stereocenters. The van der Waals surface area contributed by atoms with E-state index in [4.69, 9.17) is 0 Å². The first kappa shape index (κ1) is 13.6. The van der Waals surface area contributed by atoms with Crippen LogP contribution in [0.4, 0.5) is 0 Å². The third-order valence-electron chi connectivity index (χ3n) is 3.64. The summed E-state index contributed by atoms with van der Waals surface area (Å²) in [5, 5.41) is 0. The Morgan fingerprint density at radius 1 is 0.737 bits per heavy atom. The van der Waals surface area contributed by atoms with Crippen LogP contribution >= 0.6 is 0 Å². The Balaban J connectivity index is 2.54. The molecule has 0 heterocycles. The largest absolute Gasteiger partial charge is 0.0651 e. The minimum Gasteiger partial charge on any atom is -0.0651 e. The van der Waals surface area contributed by atoms with Crippen molar-refractivity contribution in [1.82, 2.24) is 0 Å². The number of hydrogen-bond acceptors (Lipinski definition) is 0. The van der Waals surface area contributed by atoms with Crippen LogP contribution in [0, 0.1) is 13.8 Å². The van der Waals surface area contributed by atoms with Gasteiger partial charge >= 0.3 is 0 Å². The van der Waals surface area contributed by atoms with Crippen LogP contribution in [-0.4, -0.2) is 0 Å². The van der Waals surface area contributed by atoms with Gasteiger partial charge in [-0.15, -0.1) is 0 Å². The number of hydrogen-bond donors (Lipinski definition) is 0. The second kappa shape index (κ2) is 5.88. The molecule has 0 radical (unpaired) electrons. The van der Waals surface area contributed by atoms with Crippen molar-refractivity contribution in [2.24, 2.45) is 0 Å². The van der Waals surface area contributed by atoms with Gasteiger partial charge in [0, 0.05) is 0 Å². The van der Waals surface area contributed by atoms with Gasteiger partial charge in [-0.3, -0.25) is 0 Å². The lowest BCUT2D eigenvalue weighted by Crippen LogP contribution is -1.92. The zero-order chi connectivity index (χ0) is 13.8. The van der Waals surface area contributed by atoms with Crippen molar-refractivity contribution in [3.8, 4) is 0 Å². The molecule has 0 aliphatic heterocycles. The van der Waals surface area contributed by atoms with E-state index in [-0.39, 0.29) is 0 Å². The number of allylic oxidation sites excluding steroid dienone is 1. The van der Waals surface area contributed by atoms with E-state index in [2.05, 4.69) is 76.2 Å². The van der Waals surface area contributed by atoms with E-state index < -0.39 is 0 Å². The summed E-state index contributed by atoms with van der Waals surface area (Å²) in [5.41, 5.74) is 8.06. The second-order valence-corrected chi connectivity index (χ2v) is 5.24. The molecule has 0 saturated heterocycles. The molecule has 0 fully saturated rings. The Hall–Kier alpha value is -1.82. The van der Waals surface area contributed by atoms with E-state index in [1.165, 1.54) is 33.4 Å². The van der Waals surface area contributed by atoms with Gasteiger partial charge in [-0.05, 0) is 43.9 Å². The van der Waals surface area contributed by atoms with E-state index in [9.17, 15) is 0 Å². The topological polar surface area (TPSA) is 0 Å². The Morgan fingerprint density at radius 2 is 1.11 bits per heavy atom. The van der Waals surface area contributed by atoms with Crippen molar-refractivity contribution < 1.29 is 0 Å². The summed E-state index contributed by atoms with van der Waals surface area (Å²) >= 11 is 0. The summed E-state index contributed by atoms with van der Waals surface area (Å²) in [5.74, 6) is 0. The van der Waals surface area contributed by atoms with Gasteiger partial charge in [0.2, 0.25) is 0 Å². The van der Waals surface area contributed by atoms with Crippen molar-refractivity contribution in [2.75, 3.05) is 0 Å². The molecule has 19 heavy (non-hydrogen) atoms. The SMILES string of the molecule is CCC(C)=C(c1ccc(C)cc1)c1ccc(C)cc1. The van der Waals surface area contributed by atoms with Gasteiger partial charge in [0.25, 0.3) is 0 Å². The minimum atomic E-state index is 1.08. The fourth-order valence-corrected chi connectivity index (χ4v) is 2.28. The average molecular weight is 250 g/mol. The maximum absolute atomic E-state index is 2.23. The number of aryl methyl sites for hydroxylation is 2. The van der Waals surface area contributed by atoms with Crippen molar-refractivity contribution in [3.63, 3.8) is 0 Å². The van der Waals surface area contributed by atoms with Crippen LogP contribution in [0.15, 0.2) is 54.1 Å². The predicted octanol–water partition coefficient (Wildman–Crippen LogP) is 5.54. The van der Waals surface area contributed by atoms with E-state index in [0.29, 0.717) is 0 Å². The highest BCUT2D eigenvalue weighted by Gasteiger charge is 2.07. The molecule has 0 heteroatoms. The third kappa shape index (κ3) is 3.14. The molecule has 2 aromatic carbocycles. The zero-order valence-corrected chi connectivity index (χ0v) is 12.3. The molecule has 0 amide bonds. The second-order valence-electron chi connectivity index (χ2n) is 5.24. The lowest BCUT2D eigenvalue weighted by Gasteiger charge is -2.13. The molecule has 0 nitrogen and oxygen atoms in total. The number of rotatable bonds is 3. The lowest BCUT2D eigenvalue weighted by molar-refractivity contribution is 1.10. The first-order chi connectivity index (χ1) is 9.11. The van der Waals surface area contributed by atoms with Crippen LogP contribution in [-0.2, 0) is 0 Å². The minimum absolute atomic E-state index is 1.08. The molecule has 0 N–H and O–H groups in total. The van der Waals surface area contributed by atoms with E-state index in [1.807, 2.05) is 0 Å².